The zero-order valence-electron chi connectivity index (χ0n) is 10.5. The third kappa shape index (κ3) is 4.31. The lowest BCUT2D eigenvalue weighted by molar-refractivity contribution is 1.10. The first kappa shape index (κ1) is 12.5. The maximum absolute atomic E-state index is 4.07. The van der Waals surface area contributed by atoms with E-state index in [0.29, 0.717) is 0 Å². The van der Waals surface area contributed by atoms with Gasteiger partial charge in [0.2, 0.25) is 0 Å². The van der Waals surface area contributed by atoms with Gasteiger partial charge < -0.3 is 0 Å². The minimum absolute atomic E-state index is 0.964. The molecule has 16 heavy (non-hydrogen) atoms. The molecule has 0 radical (unpaired) electrons. The minimum atomic E-state index is 0.964. The van der Waals surface area contributed by atoms with E-state index in [4.69, 9.17) is 0 Å². The summed E-state index contributed by atoms with van der Waals surface area (Å²) in [5.41, 5.74) is 5.16. The normalized spacial score (nSPS) is 10.4. The molecule has 0 saturated carbocycles. The van der Waals surface area contributed by atoms with E-state index in [-0.39, 0.29) is 0 Å². The molecule has 0 saturated heterocycles. The van der Waals surface area contributed by atoms with Gasteiger partial charge in [-0.05, 0) is 32.8 Å². The molecule has 1 aromatic carbocycles. The van der Waals surface area contributed by atoms with Crippen molar-refractivity contribution in [3.63, 3.8) is 0 Å². The highest BCUT2D eigenvalue weighted by molar-refractivity contribution is 5.52. The minimum Gasteiger partial charge on any atom is -0.0955 e. The average molecular weight is 212 g/mol. The Morgan fingerprint density at radius 3 is 2.31 bits per heavy atom. The Morgan fingerprint density at radius 1 is 1.12 bits per heavy atom. The predicted octanol–water partition coefficient (Wildman–Crippen LogP) is 5.00. The third-order valence-electron chi connectivity index (χ3n) is 2.66. The van der Waals surface area contributed by atoms with E-state index in [1.807, 2.05) is 18.2 Å². The van der Waals surface area contributed by atoms with Gasteiger partial charge in [0.05, 0.1) is 0 Å². The Labute approximate surface area is 99.0 Å². The molecule has 0 spiro atoms. The van der Waals surface area contributed by atoms with E-state index >= 15 is 0 Å². The second-order valence-electron chi connectivity index (χ2n) is 4.36. The van der Waals surface area contributed by atoms with Crippen LogP contribution in [0, 0.1) is 0 Å². The Morgan fingerprint density at radius 2 is 1.75 bits per heavy atom. The Kier molecular flexibility index (Phi) is 4.78. The van der Waals surface area contributed by atoms with Gasteiger partial charge in [-0.25, -0.2) is 0 Å². The van der Waals surface area contributed by atoms with Crippen LogP contribution < -0.4 is 0 Å². The Hall–Kier alpha value is -1.56. The second kappa shape index (κ2) is 6.12. The van der Waals surface area contributed by atoms with Crippen molar-refractivity contribution < 1.29 is 0 Å². The largest absolute Gasteiger partial charge is 0.0955 e. The summed E-state index contributed by atoms with van der Waals surface area (Å²) in [5, 5.41) is 0. The fraction of sp³-hybridized carbons (Fsp3) is 0.250. The molecule has 0 atom stereocenters. The van der Waals surface area contributed by atoms with E-state index < -0.39 is 0 Å². The van der Waals surface area contributed by atoms with Crippen LogP contribution in [0.1, 0.15) is 32.8 Å². The molecular formula is C16H20. The fourth-order valence-electron chi connectivity index (χ4n) is 1.35. The molecule has 0 aliphatic heterocycles. The van der Waals surface area contributed by atoms with Crippen molar-refractivity contribution in [2.75, 3.05) is 0 Å². The van der Waals surface area contributed by atoms with Gasteiger partial charge in [-0.3, -0.25) is 0 Å². The van der Waals surface area contributed by atoms with Crippen LogP contribution in [0.15, 0.2) is 59.7 Å². The summed E-state index contributed by atoms with van der Waals surface area (Å²) in [5.74, 6) is 0. The SMILES string of the molecule is C=C(/C=C/c1ccccc1)CC(C)=C(C)C. The van der Waals surface area contributed by atoms with E-state index in [9.17, 15) is 0 Å². The van der Waals surface area contributed by atoms with E-state index in [1.54, 1.807) is 0 Å². The molecule has 0 amide bonds. The van der Waals surface area contributed by atoms with Crippen LogP contribution in [0.25, 0.3) is 6.08 Å². The zero-order chi connectivity index (χ0) is 12.0. The van der Waals surface area contributed by atoms with Crippen LogP contribution in [0.3, 0.4) is 0 Å². The van der Waals surface area contributed by atoms with Gasteiger partial charge >= 0.3 is 0 Å². The summed E-state index contributed by atoms with van der Waals surface area (Å²) >= 11 is 0. The van der Waals surface area contributed by atoms with Crippen molar-refractivity contribution >= 4 is 6.08 Å². The summed E-state index contributed by atoms with van der Waals surface area (Å²) in [4.78, 5) is 0. The monoisotopic (exact) mass is 212 g/mol. The number of benzene rings is 1. The maximum atomic E-state index is 4.07. The van der Waals surface area contributed by atoms with E-state index in [0.717, 1.165) is 12.0 Å². The van der Waals surface area contributed by atoms with Crippen molar-refractivity contribution in [1.82, 2.24) is 0 Å². The highest BCUT2D eigenvalue weighted by atomic mass is 14.0. The standard InChI is InChI=1S/C16H20/c1-13(2)15(4)12-14(3)10-11-16-8-6-5-7-9-16/h5-11H,3,12H2,1-2,4H3/b11-10+. The fourth-order valence-corrected chi connectivity index (χ4v) is 1.35. The van der Waals surface area contributed by atoms with Gasteiger partial charge in [-0.15, -0.1) is 0 Å². The quantitative estimate of drug-likeness (QED) is 0.486. The molecule has 0 fully saturated rings. The number of allylic oxidation sites excluding steroid dienone is 4. The van der Waals surface area contributed by atoms with Gasteiger partial charge in [0, 0.05) is 0 Å². The highest BCUT2D eigenvalue weighted by Crippen LogP contribution is 2.15. The van der Waals surface area contributed by atoms with Crippen molar-refractivity contribution in [2.45, 2.75) is 27.2 Å². The van der Waals surface area contributed by atoms with Crippen LogP contribution in [0.2, 0.25) is 0 Å². The molecule has 0 heteroatoms. The molecule has 0 N–H and O–H groups in total. The maximum Gasteiger partial charge on any atom is -0.00733 e. The van der Waals surface area contributed by atoms with Gasteiger partial charge in [0.15, 0.2) is 0 Å². The van der Waals surface area contributed by atoms with Crippen molar-refractivity contribution in [3.05, 3.63) is 65.3 Å². The Bertz CT molecular complexity index is 401. The zero-order valence-corrected chi connectivity index (χ0v) is 10.5. The molecule has 0 nitrogen and oxygen atoms in total. The first-order chi connectivity index (χ1) is 7.59. The highest BCUT2D eigenvalue weighted by Gasteiger charge is 1.94. The van der Waals surface area contributed by atoms with Crippen molar-refractivity contribution in [1.29, 1.82) is 0 Å². The van der Waals surface area contributed by atoms with Gasteiger partial charge in [0.25, 0.3) is 0 Å². The third-order valence-corrected chi connectivity index (χ3v) is 2.66. The molecule has 0 bridgehead atoms. The van der Waals surface area contributed by atoms with E-state index in [1.165, 1.54) is 16.7 Å². The summed E-state index contributed by atoms with van der Waals surface area (Å²) < 4.78 is 0. The van der Waals surface area contributed by atoms with Gasteiger partial charge in [-0.1, -0.05) is 65.8 Å². The van der Waals surface area contributed by atoms with Crippen LogP contribution in [-0.2, 0) is 0 Å². The lowest BCUT2D eigenvalue weighted by atomic mass is 10.0. The molecule has 0 heterocycles. The molecule has 0 unspecified atom stereocenters. The van der Waals surface area contributed by atoms with Crippen LogP contribution >= 0.6 is 0 Å². The van der Waals surface area contributed by atoms with Crippen molar-refractivity contribution in [3.8, 4) is 0 Å². The predicted molar refractivity (Wildman–Crippen MR) is 73.3 cm³/mol. The number of hydrogen-bond donors (Lipinski definition) is 0. The first-order valence-electron chi connectivity index (χ1n) is 5.63. The summed E-state index contributed by atoms with van der Waals surface area (Å²) in [6, 6.07) is 10.3. The molecule has 0 aromatic heterocycles. The lowest BCUT2D eigenvalue weighted by Gasteiger charge is -2.03. The number of rotatable bonds is 4. The number of hydrogen-bond acceptors (Lipinski definition) is 0. The molecule has 84 valence electrons. The van der Waals surface area contributed by atoms with Crippen molar-refractivity contribution in [2.24, 2.45) is 0 Å². The Balaban J connectivity index is 2.59. The van der Waals surface area contributed by atoms with Crippen LogP contribution in [0.4, 0.5) is 0 Å². The summed E-state index contributed by atoms with van der Waals surface area (Å²) in [6.07, 6.45) is 5.17. The van der Waals surface area contributed by atoms with Gasteiger partial charge in [-0.2, -0.15) is 0 Å². The topological polar surface area (TPSA) is 0 Å². The molecule has 1 rings (SSSR count). The molecule has 0 aliphatic rings. The summed E-state index contributed by atoms with van der Waals surface area (Å²) in [7, 11) is 0. The summed E-state index contributed by atoms with van der Waals surface area (Å²) in [6.45, 7) is 10.5. The molecule has 1 aromatic rings. The molecular weight excluding hydrogens is 192 g/mol. The molecule has 0 aliphatic carbocycles. The van der Waals surface area contributed by atoms with Gasteiger partial charge in [0.1, 0.15) is 0 Å². The van der Waals surface area contributed by atoms with Crippen LogP contribution in [-0.4, -0.2) is 0 Å². The lowest BCUT2D eigenvalue weighted by Crippen LogP contribution is -1.83. The smallest absolute Gasteiger partial charge is 0.00733 e. The first-order valence-corrected chi connectivity index (χ1v) is 5.63. The van der Waals surface area contributed by atoms with E-state index in [2.05, 4.69) is 51.6 Å². The second-order valence-corrected chi connectivity index (χ2v) is 4.36. The van der Waals surface area contributed by atoms with Crippen LogP contribution in [0.5, 0.6) is 0 Å². The average Bonchev–Trinajstić information content (AvgIpc) is 2.27.